The van der Waals surface area contributed by atoms with E-state index in [-0.39, 0.29) is 5.91 Å². The first-order valence-electron chi connectivity index (χ1n) is 5.14. The number of alkyl halides is 1. The number of likely N-dealkylation sites (tertiary alicyclic amines) is 1. The van der Waals surface area contributed by atoms with Crippen LogP contribution in [0.1, 0.15) is 26.2 Å². The normalized spacial score (nSPS) is 23.4. The highest BCUT2D eigenvalue weighted by molar-refractivity contribution is 6.19. The molecule has 1 rings (SSSR count). The van der Waals surface area contributed by atoms with Crippen LogP contribution in [-0.4, -0.2) is 29.8 Å². The van der Waals surface area contributed by atoms with Crippen molar-refractivity contribution in [3.8, 4) is 0 Å². The molecule has 80 valence electrons. The standard InChI is InChI=1S/C11H18ClNO/c1-9-3-4-11(14)13(6-5-9)8-10(2)7-12/h9H,2-8H2,1H3. The molecule has 3 heteroatoms. The van der Waals surface area contributed by atoms with Gasteiger partial charge < -0.3 is 4.90 Å². The maximum absolute atomic E-state index is 11.7. The molecule has 1 aliphatic heterocycles. The predicted octanol–water partition coefficient (Wildman–Crippen LogP) is 2.43. The molecule has 1 fully saturated rings. The van der Waals surface area contributed by atoms with E-state index in [1.807, 2.05) is 4.90 Å². The molecular formula is C11H18ClNO. The first-order chi connectivity index (χ1) is 6.63. The van der Waals surface area contributed by atoms with Gasteiger partial charge in [-0.2, -0.15) is 0 Å². The van der Waals surface area contributed by atoms with Crippen LogP contribution in [0, 0.1) is 5.92 Å². The average molecular weight is 216 g/mol. The number of hydrogen-bond acceptors (Lipinski definition) is 1. The number of amides is 1. The fourth-order valence-electron chi connectivity index (χ4n) is 1.65. The number of carbonyl (C=O) groups is 1. The first kappa shape index (κ1) is 11.6. The molecule has 0 aliphatic carbocycles. The Hall–Kier alpha value is -0.500. The van der Waals surface area contributed by atoms with Crippen molar-refractivity contribution in [1.82, 2.24) is 4.90 Å². The van der Waals surface area contributed by atoms with Gasteiger partial charge in [0.2, 0.25) is 5.91 Å². The average Bonchev–Trinajstić information content (AvgIpc) is 2.33. The Morgan fingerprint density at radius 1 is 1.64 bits per heavy atom. The molecule has 1 unspecified atom stereocenters. The SMILES string of the molecule is C=C(CCl)CN1CCC(C)CCC1=O. The van der Waals surface area contributed by atoms with Crippen LogP contribution in [0.5, 0.6) is 0 Å². The van der Waals surface area contributed by atoms with Crippen LogP contribution < -0.4 is 0 Å². The van der Waals surface area contributed by atoms with E-state index in [0.29, 0.717) is 24.8 Å². The van der Waals surface area contributed by atoms with E-state index in [0.717, 1.165) is 25.0 Å². The molecule has 1 atom stereocenters. The summed E-state index contributed by atoms with van der Waals surface area (Å²) < 4.78 is 0. The lowest BCUT2D eigenvalue weighted by atomic mass is 10.0. The Kier molecular flexibility index (Phi) is 4.46. The molecule has 0 saturated carbocycles. The van der Waals surface area contributed by atoms with Crippen molar-refractivity contribution in [2.24, 2.45) is 5.92 Å². The maximum atomic E-state index is 11.7. The minimum atomic E-state index is 0.251. The van der Waals surface area contributed by atoms with Gasteiger partial charge in [-0.15, -0.1) is 11.6 Å². The van der Waals surface area contributed by atoms with Gasteiger partial charge in [0.25, 0.3) is 0 Å². The van der Waals surface area contributed by atoms with Crippen molar-refractivity contribution < 1.29 is 4.79 Å². The van der Waals surface area contributed by atoms with Gasteiger partial charge in [0, 0.05) is 25.4 Å². The second-order valence-corrected chi connectivity index (χ2v) is 4.40. The molecule has 1 heterocycles. The zero-order chi connectivity index (χ0) is 10.6. The zero-order valence-corrected chi connectivity index (χ0v) is 9.52. The Morgan fingerprint density at radius 2 is 2.36 bits per heavy atom. The topological polar surface area (TPSA) is 20.3 Å². The predicted molar refractivity (Wildman–Crippen MR) is 59.5 cm³/mol. The summed E-state index contributed by atoms with van der Waals surface area (Å²) in [5.41, 5.74) is 0.926. The highest BCUT2D eigenvalue weighted by atomic mass is 35.5. The van der Waals surface area contributed by atoms with Gasteiger partial charge in [-0.05, 0) is 24.3 Å². The van der Waals surface area contributed by atoms with Gasteiger partial charge in [-0.1, -0.05) is 13.5 Å². The lowest BCUT2D eigenvalue weighted by Crippen LogP contribution is -2.32. The quantitative estimate of drug-likeness (QED) is 0.523. The van der Waals surface area contributed by atoms with Crippen molar-refractivity contribution in [3.63, 3.8) is 0 Å². The first-order valence-corrected chi connectivity index (χ1v) is 5.67. The van der Waals surface area contributed by atoms with Gasteiger partial charge >= 0.3 is 0 Å². The molecule has 0 spiro atoms. The number of hydrogen-bond donors (Lipinski definition) is 0. The Bertz CT molecular complexity index is 227. The Balaban J connectivity index is 2.49. The summed E-state index contributed by atoms with van der Waals surface area (Å²) in [6.07, 6.45) is 2.79. The second-order valence-electron chi connectivity index (χ2n) is 4.13. The van der Waals surface area contributed by atoms with Crippen molar-refractivity contribution in [3.05, 3.63) is 12.2 Å². The number of carbonyl (C=O) groups excluding carboxylic acids is 1. The van der Waals surface area contributed by atoms with E-state index in [1.54, 1.807) is 0 Å². The van der Waals surface area contributed by atoms with Crippen LogP contribution >= 0.6 is 11.6 Å². The summed E-state index contributed by atoms with van der Waals surface area (Å²) >= 11 is 5.65. The molecule has 0 aromatic rings. The summed E-state index contributed by atoms with van der Waals surface area (Å²) in [7, 11) is 0. The van der Waals surface area contributed by atoms with Crippen LogP contribution in [0.15, 0.2) is 12.2 Å². The highest BCUT2D eigenvalue weighted by Gasteiger charge is 2.19. The third-order valence-corrected chi connectivity index (χ3v) is 3.08. The molecular weight excluding hydrogens is 198 g/mol. The summed E-state index contributed by atoms with van der Waals surface area (Å²) in [6.45, 7) is 7.52. The lowest BCUT2D eigenvalue weighted by molar-refractivity contribution is -0.130. The summed E-state index contributed by atoms with van der Waals surface area (Å²) in [5.74, 6) is 1.35. The summed E-state index contributed by atoms with van der Waals surface area (Å²) in [4.78, 5) is 13.5. The third kappa shape index (κ3) is 3.33. The van der Waals surface area contributed by atoms with Gasteiger partial charge in [0.05, 0.1) is 0 Å². The maximum Gasteiger partial charge on any atom is 0.222 e. The molecule has 2 nitrogen and oxygen atoms in total. The second kappa shape index (κ2) is 5.40. The Morgan fingerprint density at radius 3 is 3.00 bits per heavy atom. The highest BCUT2D eigenvalue weighted by Crippen LogP contribution is 2.18. The van der Waals surface area contributed by atoms with Gasteiger partial charge in [-0.25, -0.2) is 0 Å². The zero-order valence-electron chi connectivity index (χ0n) is 8.76. The molecule has 0 bridgehead atoms. The van der Waals surface area contributed by atoms with Crippen LogP contribution in [0.2, 0.25) is 0 Å². The van der Waals surface area contributed by atoms with Crippen LogP contribution in [-0.2, 0) is 4.79 Å². The van der Waals surface area contributed by atoms with Crippen molar-refractivity contribution in [1.29, 1.82) is 0 Å². The van der Waals surface area contributed by atoms with Gasteiger partial charge in [0.1, 0.15) is 0 Å². The Labute approximate surface area is 90.9 Å². The van der Waals surface area contributed by atoms with Crippen LogP contribution in [0.25, 0.3) is 0 Å². The van der Waals surface area contributed by atoms with Crippen LogP contribution in [0.3, 0.4) is 0 Å². The molecule has 14 heavy (non-hydrogen) atoms. The largest absolute Gasteiger partial charge is 0.339 e. The lowest BCUT2D eigenvalue weighted by Gasteiger charge is -2.21. The van der Waals surface area contributed by atoms with Crippen molar-refractivity contribution in [2.75, 3.05) is 19.0 Å². The van der Waals surface area contributed by atoms with Crippen LogP contribution in [0.4, 0.5) is 0 Å². The molecule has 0 aromatic heterocycles. The molecule has 0 radical (unpaired) electrons. The van der Waals surface area contributed by atoms with E-state index in [4.69, 9.17) is 11.6 Å². The molecule has 1 aliphatic rings. The van der Waals surface area contributed by atoms with E-state index in [9.17, 15) is 4.79 Å². The minimum Gasteiger partial charge on any atom is -0.339 e. The number of nitrogens with zero attached hydrogens (tertiary/aromatic N) is 1. The van der Waals surface area contributed by atoms with Gasteiger partial charge in [0.15, 0.2) is 0 Å². The van der Waals surface area contributed by atoms with E-state index < -0.39 is 0 Å². The summed E-state index contributed by atoms with van der Waals surface area (Å²) in [6, 6.07) is 0. The molecule has 1 amide bonds. The smallest absolute Gasteiger partial charge is 0.222 e. The van der Waals surface area contributed by atoms with Crippen molar-refractivity contribution in [2.45, 2.75) is 26.2 Å². The fourth-order valence-corrected chi connectivity index (χ4v) is 1.74. The fraction of sp³-hybridized carbons (Fsp3) is 0.727. The summed E-state index contributed by atoms with van der Waals surface area (Å²) in [5, 5.41) is 0. The van der Waals surface area contributed by atoms with Gasteiger partial charge in [-0.3, -0.25) is 4.79 Å². The number of rotatable bonds is 3. The monoisotopic (exact) mass is 215 g/mol. The molecule has 1 saturated heterocycles. The molecule has 0 aromatic carbocycles. The van der Waals surface area contributed by atoms with Crippen molar-refractivity contribution >= 4 is 17.5 Å². The molecule has 0 N–H and O–H groups in total. The number of halogens is 1. The van der Waals surface area contributed by atoms with E-state index in [2.05, 4.69) is 13.5 Å². The van der Waals surface area contributed by atoms with E-state index >= 15 is 0 Å². The third-order valence-electron chi connectivity index (χ3n) is 2.70. The minimum absolute atomic E-state index is 0.251. The van der Waals surface area contributed by atoms with E-state index in [1.165, 1.54) is 0 Å².